The van der Waals surface area contributed by atoms with Crippen molar-refractivity contribution in [1.29, 1.82) is 0 Å². The molecular formula is C12H17N3O3. The summed E-state index contributed by atoms with van der Waals surface area (Å²) in [5.41, 5.74) is 0.606. The summed E-state index contributed by atoms with van der Waals surface area (Å²) in [7, 11) is 0. The van der Waals surface area contributed by atoms with Crippen molar-refractivity contribution in [2.45, 2.75) is 13.8 Å². The number of anilines is 1. The minimum atomic E-state index is -1.05. The molecule has 6 nitrogen and oxygen atoms in total. The van der Waals surface area contributed by atoms with Crippen molar-refractivity contribution in [1.82, 2.24) is 10.3 Å². The summed E-state index contributed by atoms with van der Waals surface area (Å²) < 4.78 is 0. The summed E-state index contributed by atoms with van der Waals surface area (Å²) in [4.78, 5) is 28.1. The highest BCUT2D eigenvalue weighted by Gasteiger charge is 2.16. The van der Waals surface area contributed by atoms with Crippen molar-refractivity contribution < 1.29 is 14.7 Å². The van der Waals surface area contributed by atoms with E-state index in [0.29, 0.717) is 18.8 Å². The molecule has 1 amide bonds. The summed E-state index contributed by atoms with van der Waals surface area (Å²) in [6.07, 6.45) is 2.81. The van der Waals surface area contributed by atoms with E-state index in [9.17, 15) is 9.59 Å². The molecule has 18 heavy (non-hydrogen) atoms. The Morgan fingerprint density at radius 3 is 2.72 bits per heavy atom. The summed E-state index contributed by atoms with van der Waals surface area (Å²) in [5.74, 6) is -1.18. The molecule has 0 aromatic carbocycles. The quantitative estimate of drug-likeness (QED) is 0.779. The monoisotopic (exact) mass is 251 g/mol. The Bertz CT molecular complexity index is 434. The van der Waals surface area contributed by atoms with Gasteiger partial charge < -0.3 is 15.3 Å². The van der Waals surface area contributed by atoms with Crippen LogP contribution >= 0.6 is 0 Å². The lowest BCUT2D eigenvalue weighted by Crippen LogP contribution is -2.37. The van der Waals surface area contributed by atoms with Gasteiger partial charge >= 0.3 is 5.97 Å². The molecule has 0 saturated carbocycles. The third-order valence-corrected chi connectivity index (χ3v) is 2.46. The topological polar surface area (TPSA) is 82.5 Å². The molecule has 1 heterocycles. The molecule has 0 aliphatic carbocycles. The highest BCUT2D eigenvalue weighted by molar-refractivity contribution is 5.95. The number of amides is 1. The third kappa shape index (κ3) is 3.44. The molecule has 1 rings (SSSR count). The van der Waals surface area contributed by atoms with Crippen LogP contribution in [0.25, 0.3) is 0 Å². The number of rotatable bonds is 6. The summed E-state index contributed by atoms with van der Waals surface area (Å²) >= 11 is 0. The molecule has 0 fully saturated rings. The average molecular weight is 251 g/mol. The molecule has 0 bridgehead atoms. The number of hydrogen-bond acceptors (Lipinski definition) is 4. The van der Waals surface area contributed by atoms with E-state index in [4.69, 9.17) is 5.11 Å². The first-order chi connectivity index (χ1) is 8.60. The van der Waals surface area contributed by atoms with E-state index in [1.807, 2.05) is 13.8 Å². The predicted octanol–water partition coefficient (Wildman–Crippen LogP) is 0.742. The van der Waals surface area contributed by atoms with Gasteiger partial charge in [-0.15, -0.1) is 0 Å². The van der Waals surface area contributed by atoms with Crippen LogP contribution in [0.4, 0.5) is 5.69 Å². The largest absolute Gasteiger partial charge is 0.478 e. The molecule has 0 radical (unpaired) electrons. The molecule has 0 aliphatic rings. The number of pyridine rings is 1. The highest BCUT2D eigenvalue weighted by Crippen LogP contribution is 2.18. The summed E-state index contributed by atoms with van der Waals surface area (Å²) in [6, 6.07) is 1.60. The Kier molecular flexibility index (Phi) is 5.10. The van der Waals surface area contributed by atoms with Crippen LogP contribution in [0.5, 0.6) is 0 Å². The zero-order valence-electron chi connectivity index (χ0n) is 10.5. The second-order valence-electron chi connectivity index (χ2n) is 3.67. The maximum Gasteiger partial charge on any atom is 0.339 e. The van der Waals surface area contributed by atoms with Crippen LogP contribution in [0, 0.1) is 0 Å². The first kappa shape index (κ1) is 14.0. The van der Waals surface area contributed by atoms with Crippen molar-refractivity contribution in [3.63, 3.8) is 0 Å². The van der Waals surface area contributed by atoms with Crippen molar-refractivity contribution in [3.8, 4) is 0 Å². The van der Waals surface area contributed by atoms with E-state index in [1.165, 1.54) is 12.4 Å². The van der Waals surface area contributed by atoms with Crippen LogP contribution in [0.3, 0.4) is 0 Å². The molecule has 2 N–H and O–H groups in total. The molecular weight excluding hydrogens is 234 g/mol. The zero-order valence-corrected chi connectivity index (χ0v) is 10.5. The van der Waals surface area contributed by atoms with Gasteiger partial charge in [-0.25, -0.2) is 4.79 Å². The Balaban J connectivity index is 2.94. The fourth-order valence-corrected chi connectivity index (χ4v) is 1.62. The highest BCUT2D eigenvalue weighted by atomic mass is 16.4. The molecule has 98 valence electrons. The fourth-order valence-electron chi connectivity index (χ4n) is 1.62. The Morgan fingerprint density at radius 2 is 2.17 bits per heavy atom. The van der Waals surface area contributed by atoms with Crippen LogP contribution < -0.4 is 10.2 Å². The number of aromatic nitrogens is 1. The first-order valence-electron chi connectivity index (χ1n) is 5.79. The first-order valence-corrected chi connectivity index (χ1v) is 5.79. The van der Waals surface area contributed by atoms with Crippen molar-refractivity contribution >= 4 is 17.6 Å². The standard InChI is InChI=1S/C12H17N3O3/c1-3-14-11(16)8-15(4-2)10-5-6-13-7-9(10)12(17)18/h5-7H,3-4,8H2,1-2H3,(H,14,16)(H,17,18). The van der Waals surface area contributed by atoms with Crippen molar-refractivity contribution in [3.05, 3.63) is 24.0 Å². The van der Waals surface area contributed by atoms with Gasteiger partial charge in [-0.2, -0.15) is 0 Å². The van der Waals surface area contributed by atoms with Gasteiger partial charge in [-0.3, -0.25) is 9.78 Å². The molecule has 1 aromatic heterocycles. The molecule has 1 aromatic rings. The van der Waals surface area contributed by atoms with E-state index >= 15 is 0 Å². The maximum atomic E-state index is 11.6. The van der Waals surface area contributed by atoms with Crippen LogP contribution in [0.1, 0.15) is 24.2 Å². The number of aromatic carboxylic acids is 1. The van der Waals surface area contributed by atoms with Crippen molar-refractivity contribution in [2.24, 2.45) is 0 Å². The van der Waals surface area contributed by atoms with Crippen LogP contribution in [-0.2, 0) is 4.79 Å². The SMILES string of the molecule is CCNC(=O)CN(CC)c1ccncc1C(=O)O. The lowest BCUT2D eigenvalue weighted by atomic mass is 10.2. The Morgan fingerprint density at radius 1 is 1.44 bits per heavy atom. The third-order valence-electron chi connectivity index (χ3n) is 2.46. The van der Waals surface area contributed by atoms with Gasteiger partial charge in [0.05, 0.1) is 12.2 Å². The summed E-state index contributed by atoms with van der Waals surface area (Å²) in [6.45, 7) is 4.93. The normalized spacial score (nSPS) is 9.89. The van der Waals surface area contributed by atoms with Crippen LogP contribution in [0.15, 0.2) is 18.5 Å². The number of carboxylic acids is 1. The Hall–Kier alpha value is -2.11. The number of nitrogens with zero attached hydrogens (tertiary/aromatic N) is 2. The molecule has 0 aliphatic heterocycles. The van der Waals surface area contributed by atoms with Gasteiger partial charge in [-0.05, 0) is 19.9 Å². The van der Waals surface area contributed by atoms with Gasteiger partial charge in [0.2, 0.25) is 5.91 Å². The van der Waals surface area contributed by atoms with E-state index < -0.39 is 5.97 Å². The second-order valence-corrected chi connectivity index (χ2v) is 3.67. The van der Waals surface area contributed by atoms with Gasteiger partial charge in [0.1, 0.15) is 5.56 Å². The van der Waals surface area contributed by atoms with Gasteiger partial charge in [0.15, 0.2) is 0 Å². The van der Waals surface area contributed by atoms with Crippen LogP contribution in [0.2, 0.25) is 0 Å². The molecule has 0 atom stereocenters. The molecule has 6 heteroatoms. The number of carboxylic acid groups (broad SMARTS) is 1. The smallest absolute Gasteiger partial charge is 0.339 e. The zero-order chi connectivity index (χ0) is 13.5. The average Bonchev–Trinajstić information content (AvgIpc) is 2.36. The number of likely N-dealkylation sites (N-methyl/N-ethyl adjacent to an activating group) is 2. The minimum absolute atomic E-state index is 0.101. The lowest BCUT2D eigenvalue weighted by molar-refractivity contribution is -0.119. The van der Waals surface area contributed by atoms with E-state index in [-0.39, 0.29) is 18.0 Å². The van der Waals surface area contributed by atoms with E-state index in [0.717, 1.165) is 0 Å². The maximum absolute atomic E-state index is 11.6. The summed E-state index contributed by atoms with van der Waals surface area (Å²) in [5, 5.41) is 11.8. The van der Waals surface area contributed by atoms with Gasteiger partial charge in [0.25, 0.3) is 0 Å². The number of nitrogens with one attached hydrogen (secondary N) is 1. The van der Waals surface area contributed by atoms with Crippen molar-refractivity contribution in [2.75, 3.05) is 24.5 Å². The van der Waals surface area contributed by atoms with Crippen LogP contribution in [-0.4, -0.2) is 41.6 Å². The second kappa shape index (κ2) is 6.58. The number of hydrogen-bond donors (Lipinski definition) is 2. The van der Waals surface area contributed by atoms with Gasteiger partial charge in [0, 0.05) is 25.5 Å². The number of carbonyl (C=O) groups is 2. The minimum Gasteiger partial charge on any atom is -0.478 e. The molecule has 0 saturated heterocycles. The molecule has 0 spiro atoms. The fraction of sp³-hybridized carbons (Fsp3) is 0.417. The van der Waals surface area contributed by atoms with E-state index in [1.54, 1.807) is 11.0 Å². The predicted molar refractivity (Wildman–Crippen MR) is 67.8 cm³/mol. The number of carbonyl (C=O) groups excluding carboxylic acids is 1. The lowest BCUT2D eigenvalue weighted by Gasteiger charge is -2.23. The Labute approximate surface area is 106 Å². The van der Waals surface area contributed by atoms with Gasteiger partial charge in [-0.1, -0.05) is 0 Å². The van der Waals surface area contributed by atoms with E-state index in [2.05, 4.69) is 10.3 Å². The molecule has 0 unspecified atom stereocenters.